The van der Waals surface area contributed by atoms with Gasteiger partial charge in [-0.15, -0.1) is 0 Å². The first-order valence-corrected chi connectivity index (χ1v) is 17.1. The molecule has 0 radical (unpaired) electrons. The zero-order chi connectivity index (χ0) is 32.7. The van der Waals surface area contributed by atoms with Crippen LogP contribution in [-0.2, 0) is 5.41 Å². The Labute approximate surface area is 286 Å². The van der Waals surface area contributed by atoms with Crippen LogP contribution in [0.15, 0.2) is 170 Å². The van der Waals surface area contributed by atoms with Crippen molar-refractivity contribution in [3.8, 4) is 16.8 Å². The highest BCUT2D eigenvalue weighted by atomic mass is 15.1. The average Bonchev–Trinajstić information content (AvgIpc) is 3.60. The lowest BCUT2D eigenvalue weighted by molar-refractivity contribution is 0.660. The van der Waals surface area contributed by atoms with Gasteiger partial charge in [0.15, 0.2) is 0 Å². The molecule has 0 bridgehead atoms. The fourth-order valence-electron chi connectivity index (χ4n) is 8.37. The van der Waals surface area contributed by atoms with Crippen molar-refractivity contribution in [1.82, 2.24) is 4.57 Å². The van der Waals surface area contributed by atoms with Gasteiger partial charge >= 0.3 is 0 Å². The van der Waals surface area contributed by atoms with Crippen molar-refractivity contribution >= 4 is 60.4 Å². The SMILES string of the molecule is CC1(C)c2ccccc2-c2ccc(N(c3ccccc3)c3ccc4c5ccccc5n(-c5ccc6c(ccc7ccccc76)c5)c4c3)cc21. The van der Waals surface area contributed by atoms with Gasteiger partial charge in [0.2, 0.25) is 0 Å². The number of aromatic nitrogens is 1. The van der Waals surface area contributed by atoms with E-state index in [0.29, 0.717) is 0 Å². The topological polar surface area (TPSA) is 8.17 Å². The first kappa shape index (κ1) is 27.9. The van der Waals surface area contributed by atoms with Crippen LogP contribution in [0.1, 0.15) is 25.0 Å². The van der Waals surface area contributed by atoms with Gasteiger partial charge in [-0.3, -0.25) is 0 Å². The maximum Gasteiger partial charge on any atom is 0.0561 e. The van der Waals surface area contributed by atoms with E-state index >= 15 is 0 Å². The van der Waals surface area contributed by atoms with E-state index in [1.54, 1.807) is 0 Å². The molecule has 8 aromatic carbocycles. The molecule has 49 heavy (non-hydrogen) atoms. The molecule has 0 atom stereocenters. The lowest BCUT2D eigenvalue weighted by atomic mass is 9.82. The molecule has 0 amide bonds. The minimum atomic E-state index is -0.0813. The summed E-state index contributed by atoms with van der Waals surface area (Å²) in [6.07, 6.45) is 0. The summed E-state index contributed by atoms with van der Waals surface area (Å²) in [7, 11) is 0. The number of benzene rings is 8. The zero-order valence-corrected chi connectivity index (χ0v) is 27.6. The first-order chi connectivity index (χ1) is 24.1. The Bertz CT molecular complexity index is 2750. The summed E-state index contributed by atoms with van der Waals surface area (Å²) < 4.78 is 2.44. The molecule has 2 nitrogen and oxygen atoms in total. The van der Waals surface area contributed by atoms with Crippen molar-refractivity contribution in [3.63, 3.8) is 0 Å². The summed E-state index contributed by atoms with van der Waals surface area (Å²) in [5.74, 6) is 0. The van der Waals surface area contributed by atoms with Crippen molar-refractivity contribution in [2.45, 2.75) is 19.3 Å². The standard InChI is InChI=1S/C47H34N2/c1-47(2)43-18-10-8-16-39(43)40-26-23-35(29-44(40)47)48(33-13-4-3-5-14-33)36-24-27-42-41-17-9-11-19-45(41)49(46(42)30-36)34-22-25-38-32(28-34)21-20-31-12-6-7-15-37(31)38/h3-30H,1-2H3. The fourth-order valence-corrected chi connectivity index (χ4v) is 8.37. The van der Waals surface area contributed by atoms with Crippen LogP contribution in [-0.4, -0.2) is 4.57 Å². The van der Waals surface area contributed by atoms with Gasteiger partial charge in [0.25, 0.3) is 0 Å². The Morgan fingerprint density at radius 3 is 1.94 bits per heavy atom. The van der Waals surface area contributed by atoms with Gasteiger partial charge in [-0.05, 0) is 98.4 Å². The second-order valence-electron chi connectivity index (χ2n) is 13.8. The number of nitrogens with zero attached hydrogens (tertiary/aromatic N) is 2. The Hall–Kier alpha value is -6.12. The summed E-state index contributed by atoms with van der Waals surface area (Å²) in [6.45, 7) is 4.70. The second-order valence-corrected chi connectivity index (χ2v) is 13.8. The zero-order valence-electron chi connectivity index (χ0n) is 27.6. The first-order valence-electron chi connectivity index (χ1n) is 17.1. The van der Waals surface area contributed by atoms with Crippen molar-refractivity contribution in [3.05, 3.63) is 181 Å². The quantitative estimate of drug-likeness (QED) is 0.176. The summed E-state index contributed by atoms with van der Waals surface area (Å²) in [5, 5.41) is 7.58. The summed E-state index contributed by atoms with van der Waals surface area (Å²) in [6, 6.07) is 62.5. The van der Waals surface area contributed by atoms with Crippen LogP contribution in [0.4, 0.5) is 17.1 Å². The molecule has 2 heteroatoms. The summed E-state index contributed by atoms with van der Waals surface area (Å²) in [5.41, 5.74) is 12.3. The smallest absolute Gasteiger partial charge is 0.0561 e. The second kappa shape index (κ2) is 10.4. The maximum absolute atomic E-state index is 2.44. The van der Waals surface area contributed by atoms with E-state index in [9.17, 15) is 0 Å². The molecular weight excluding hydrogens is 593 g/mol. The monoisotopic (exact) mass is 626 g/mol. The van der Waals surface area contributed by atoms with Crippen molar-refractivity contribution in [2.24, 2.45) is 0 Å². The third-order valence-electron chi connectivity index (χ3n) is 10.7. The van der Waals surface area contributed by atoms with Gasteiger partial charge in [-0.25, -0.2) is 0 Å². The average molecular weight is 627 g/mol. The number of hydrogen-bond acceptors (Lipinski definition) is 1. The minimum Gasteiger partial charge on any atom is -0.310 e. The number of hydrogen-bond donors (Lipinski definition) is 0. The van der Waals surface area contributed by atoms with Crippen LogP contribution in [0.3, 0.4) is 0 Å². The lowest BCUT2D eigenvalue weighted by Gasteiger charge is -2.28. The highest BCUT2D eigenvalue weighted by Gasteiger charge is 2.35. The molecule has 0 saturated carbocycles. The number of rotatable bonds is 4. The Morgan fingerprint density at radius 1 is 0.408 bits per heavy atom. The van der Waals surface area contributed by atoms with Crippen LogP contribution in [0.25, 0.3) is 60.2 Å². The molecule has 9 aromatic rings. The van der Waals surface area contributed by atoms with E-state index < -0.39 is 0 Å². The van der Waals surface area contributed by atoms with Gasteiger partial charge in [-0.1, -0.05) is 129 Å². The van der Waals surface area contributed by atoms with Gasteiger partial charge < -0.3 is 9.47 Å². The molecule has 0 spiro atoms. The normalized spacial score (nSPS) is 13.3. The molecule has 1 aliphatic rings. The molecule has 1 aromatic heterocycles. The van der Waals surface area contributed by atoms with Gasteiger partial charge in [0.05, 0.1) is 11.0 Å². The maximum atomic E-state index is 2.44. The third-order valence-corrected chi connectivity index (χ3v) is 10.7. The molecular formula is C47H34N2. The van der Waals surface area contributed by atoms with Gasteiger partial charge in [0.1, 0.15) is 0 Å². The molecule has 0 aliphatic heterocycles. The number of para-hydroxylation sites is 2. The van der Waals surface area contributed by atoms with Gasteiger partial charge in [-0.2, -0.15) is 0 Å². The Balaban J connectivity index is 1.19. The Morgan fingerprint density at radius 2 is 1.04 bits per heavy atom. The third kappa shape index (κ3) is 4.14. The number of fused-ring (bicyclic) bond motifs is 9. The molecule has 0 fully saturated rings. The molecule has 232 valence electrons. The predicted molar refractivity (Wildman–Crippen MR) is 208 cm³/mol. The van der Waals surface area contributed by atoms with E-state index in [2.05, 4.69) is 193 Å². The predicted octanol–water partition coefficient (Wildman–Crippen LogP) is 12.9. The summed E-state index contributed by atoms with van der Waals surface area (Å²) >= 11 is 0. The molecule has 0 unspecified atom stereocenters. The molecule has 0 saturated heterocycles. The molecule has 10 rings (SSSR count). The highest BCUT2D eigenvalue weighted by Crippen LogP contribution is 2.51. The summed E-state index contributed by atoms with van der Waals surface area (Å²) in [4.78, 5) is 2.41. The van der Waals surface area contributed by atoms with E-state index in [1.165, 1.54) is 65.6 Å². The van der Waals surface area contributed by atoms with Crippen LogP contribution in [0, 0.1) is 0 Å². The fraction of sp³-hybridized carbons (Fsp3) is 0.0638. The van der Waals surface area contributed by atoms with Crippen LogP contribution < -0.4 is 4.90 Å². The highest BCUT2D eigenvalue weighted by molar-refractivity contribution is 6.12. The molecule has 1 aliphatic carbocycles. The minimum absolute atomic E-state index is 0.0813. The van der Waals surface area contributed by atoms with E-state index in [-0.39, 0.29) is 5.41 Å². The van der Waals surface area contributed by atoms with Gasteiger partial charge in [0, 0.05) is 38.9 Å². The molecule has 1 heterocycles. The molecule has 0 N–H and O–H groups in total. The van der Waals surface area contributed by atoms with Crippen molar-refractivity contribution in [1.29, 1.82) is 0 Å². The van der Waals surface area contributed by atoms with Crippen LogP contribution >= 0.6 is 0 Å². The van der Waals surface area contributed by atoms with Crippen molar-refractivity contribution < 1.29 is 0 Å². The Kier molecular flexibility index (Phi) is 5.95. The van der Waals surface area contributed by atoms with E-state index in [0.717, 1.165) is 22.7 Å². The van der Waals surface area contributed by atoms with Crippen molar-refractivity contribution in [2.75, 3.05) is 4.90 Å². The van der Waals surface area contributed by atoms with E-state index in [1.807, 2.05) is 0 Å². The lowest BCUT2D eigenvalue weighted by Crippen LogP contribution is -2.16. The van der Waals surface area contributed by atoms with E-state index in [4.69, 9.17) is 0 Å². The largest absolute Gasteiger partial charge is 0.310 e. The van der Waals surface area contributed by atoms with Crippen LogP contribution in [0.5, 0.6) is 0 Å². The number of anilines is 3. The van der Waals surface area contributed by atoms with Crippen LogP contribution in [0.2, 0.25) is 0 Å².